The fraction of sp³-hybridized carbons (Fsp3) is 0.414. The number of hydrogen-bond donors (Lipinski definition) is 3. The van der Waals surface area contributed by atoms with Crippen LogP contribution in [0.15, 0.2) is 36.5 Å². The Morgan fingerprint density at radius 1 is 1.23 bits per heavy atom. The molecule has 0 radical (unpaired) electrons. The van der Waals surface area contributed by atoms with Crippen molar-refractivity contribution in [2.24, 2.45) is 0 Å². The van der Waals surface area contributed by atoms with E-state index in [1.165, 1.54) is 29.8 Å². The second-order valence-corrected chi connectivity index (χ2v) is 12.4. The maximum Gasteiger partial charge on any atom is 0.421 e. The van der Waals surface area contributed by atoms with Crippen molar-refractivity contribution in [3.63, 3.8) is 0 Å². The van der Waals surface area contributed by atoms with Crippen LogP contribution < -0.4 is 25.0 Å². The summed E-state index contributed by atoms with van der Waals surface area (Å²) in [5, 5.41) is 8.76. The van der Waals surface area contributed by atoms with E-state index in [2.05, 4.69) is 30.8 Å². The minimum absolute atomic E-state index is 0.0190. The van der Waals surface area contributed by atoms with Crippen LogP contribution in [0.4, 0.5) is 36.3 Å². The molecule has 1 saturated heterocycles. The van der Waals surface area contributed by atoms with Gasteiger partial charge >= 0.3 is 6.18 Å². The summed E-state index contributed by atoms with van der Waals surface area (Å²) in [5.41, 5.74) is 1.54. The zero-order chi connectivity index (χ0) is 32.2. The Bertz CT molecular complexity index is 1530. The van der Waals surface area contributed by atoms with E-state index in [1.807, 2.05) is 26.1 Å². The lowest BCUT2D eigenvalue weighted by Crippen LogP contribution is -2.43. The van der Waals surface area contributed by atoms with Crippen LogP contribution in [0.25, 0.3) is 0 Å². The van der Waals surface area contributed by atoms with Crippen molar-refractivity contribution in [1.82, 2.24) is 20.2 Å². The lowest BCUT2D eigenvalue weighted by atomic mass is 10.0. The normalized spacial score (nSPS) is 15.0. The quantitative estimate of drug-likeness (QED) is 0.268. The van der Waals surface area contributed by atoms with Gasteiger partial charge in [0.25, 0.3) is 5.91 Å². The number of hydrogen-bond acceptors (Lipinski definition) is 8. The standard InChI is InChI=1S/C29H35ClF3N7O3S/c1-17-6-7-18(24(12-17)40(3)44(5)42)15-34-26-21(29(31,32)33)16-35-28(38-26)37-23-14-22(30)20(13-25(23)43-4)27(41)36-19-8-10-39(2)11-9-19/h6-7,12-14,16,19H,8-11,15H2,1-5H3,(H,36,41)(H2,34,35,37,38). The molecular weight excluding hydrogens is 619 g/mol. The molecule has 1 amide bonds. The van der Waals surface area contributed by atoms with E-state index in [-0.39, 0.29) is 46.5 Å². The highest BCUT2D eigenvalue weighted by Gasteiger charge is 2.35. The number of piperidine rings is 1. The number of carbonyl (C=O) groups is 1. The predicted molar refractivity (Wildman–Crippen MR) is 167 cm³/mol. The molecule has 3 aromatic rings. The summed E-state index contributed by atoms with van der Waals surface area (Å²) in [4.78, 5) is 23.2. The molecule has 1 aromatic heterocycles. The van der Waals surface area contributed by atoms with Gasteiger partial charge in [0.05, 0.1) is 29.1 Å². The van der Waals surface area contributed by atoms with Gasteiger partial charge < -0.3 is 25.6 Å². The van der Waals surface area contributed by atoms with Gasteiger partial charge in [-0.3, -0.25) is 9.10 Å². The van der Waals surface area contributed by atoms with Crippen LogP contribution in [-0.4, -0.2) is 71.6 Å². The summed E-state index contributed by atoms with van der Waals surface area (Å²) in [6.07, 6.45) is -0.906. The predicted octanol–water partition coefficient (Wildman–Crippen LogP) is 5.38. The summed E-state index contributed by atoms with van der Waals surface area (Å²) in [5.74, 6) is -0.740. The zero-order valence-electron chi connectivity index (χ0n) is 25.0. The Balaban J connectivity index is 1.59. The van der Waals surface area contributed by atoms with Crippen LogP contribution >= 0.6 is 11.6 Å². The third-order valence-electron chi connectivity index (χ3n) is 7.34. The van der Waals surface area contributed by atoms with E-state index in [9.17, 15) is 22.2 Å². The highest BCUT2D eigenvalue weighted by Crippen LogP contribution is 2.37. The molecule has 1 aliphatic rings. The topological polar surface area (TPSA) is 112 Å². The van der Waals surface area contributed by atoms with Crippen molar-refractivity contribution < 1.29 is 26.9 Å². The van der Waals surface area contributed by atoms with Gasteiger partial charge in [0.1, 0.15) is 28.1 Å². The molecule has 15 heteroatoms. The SMILES string of the molecule is COc1cc(C(=O)NC2CCN(C)CC2)c(Cl)cc1Nc1ncc(C(F)(F)F)c(NCc2ccc(C)cc2N(C)S(C)=O)n1. The molecule has 1 unspecified atom stereocenters. The van der Waals surface area contributed by atoms with E-state index in [1.54, 1.807) is 13.1 Å². The Hall–Kier alpha value is -3.62. The first-order valence-corrected chi connectivity index (χ1v) is 15.6. The number of aromatic nitrogens is 2. The maximum atomic E-state index is 13.9. The molecule has 1 aliphatic heterocycles. The van der Waals surface area contributed by atoms with Crippen molar-refractivity contribution in [2.45, 2.75) is 38.5 Å². The molecule has 2 heterocycles. The number of rotatable bonds is 10. The highest BCUT2D eigenvalue weighted by molar-refractivity contribution is 7.85. The molecule has 1 atom stereocenters. The van der Waals surface area contributed by atoms with Crippen molar-refractivity contribution >= 4 is 51.6 Å². The molecular formula is C29H35ClF3N7O3S. The smallest absolute Gasteiger partial charge is 0.421 e. The third kappa shape index (κ3) is 8.10. The Morgan fingerprint density at radius 3 is 2.57 bits per heavy atom. The molecule has 44 heavy (non-hydrogen) atoms. The van der Waals surface area contributed by atoms with Gasteiger partial charge in [0.15, 0.2) is 0 Å². The minimum Gasteiger partial charge on any atom is -0.495 e. The molecule has 4 rings (SSSR count). The number of halogens is 4. The summed E-state index contributed by atoms with van der Waals surface area (Å²) in [6, 6.07) is 8.31. The minimum atomic E-state index is -4.73. The van der Waals surface area contributed by atoms with Crippen LogP contribution in [0, 0.1) is 6.92 Å². The second kappa shape index (κ2) is 14.0. The van der Waals surface area contributed by atoms with Gasteiger partial charge in [0, 0.05) is 32.1 Å². The molecule has 2 aromatic carbocycles. The van der Waals surface area contributed by atoms with E-state index in [4.69, 9.17) is 16.3 Å². The number of likely N-dealkylation sites (tertiary alicyclic amines) is 1. The Labute approximate surface area is 261 Å². The Morgan fingerprint density at radius 2 is 1.93 bits per heavy atom. The largest absolute Gasteiger partial charge is 0.495 e. The first-order valence-electron chi connectivity index (χ1n) is 13.8. The molecule has 0 bridgehead atoms. The molecule has 1 fully saturated rings. The van der Waals surface area contributed by atoms with E-state index in [0.717, 1.165) is 31.5 Å². The first kappa shape index (κ1) is 33.3. The van der Waals surface area contributed by atoms with Crippen LogP contribution in [0.3, 0.4) is 0 Å². The lowest BCUT2D eigenvalue weighted by molar-refractivity contribution is -0.137. The van der Waals surface area contributed by atoms with Crippen molar-refractivity contribution in [3.8, 4) is 5.75 Å². The molecule has 0 saturated carbocycles. The van der Waals surface area contributed by atoms with Crippen molar-refractivity contribution in [3.05, 3.63) is 63.8 Å². The number of ether oxygens (including phenoxy) is 1. The number of nitrogens with one attached hydrogen (secondary N) is 3. The number of amides is 1. The number of anilines is 4. The number of methoxy groups -OCH3 is 1. The highest BCUT2D eigenvalue weighted by atomic mass is 35.5. The summed E-state index contributed by atoms with van der Waals surface area (Å²) in [6.45, 7) is 3.58. The molecule has 238 valence electrons. The number of carbonyl (C=O) groups excluding carboxylic acids is 1. The number of aryl methyl sites for hydroxylation is 1. The lowest BCUT2D eigenvalue weighted by Gasteiger charge is -2.29. The van der Waals surface area contributed by atoms with Gasteiger partial charge in [-0.1, -0.05) is 23.7 Å². The third-order valence-corrected chi connectivity index (χ3v) is 8.62. The van der Waals surface area contributed by atoms with Crippen LogP contribution in [0.5, 0.6) is 5.75 Å². The molecule has 10 nitrogen and oxygen atoms in total. The fourth-order valence-electron chi connectivity index (χ4n) is 4.75. The van der Waals surface area contributed by atoms with Gasteiger partial charge in [-0.25, -0.2) is 9.19 Å². The van der Waals surface area contributed by atoms with Crippen LogP contribution in [-0.2, 0) is 23.7 Å². The van der Waals surface area contributed by atoms with Gasteiger partial charge in [0.2, 0.25) is 5.95 Å². The van der Waals surface area contributed by atoms with Crippen LogP contribution in [0.1, 0.15) is 39.9 Å². The number of alkyl halides is 3. The molecule has 0 aliphatic carbocycles. The van der Waals surface area contributed by atoms with Crippen LogP contribution in [0.2, 0.25) is 5.02 Å². The molecule has 3 N–H and O–H groups in total. The van der Waals surface area contributed by atoms with Crippen molar-refractivity contribution in [2.75, 3.05) is 55.5 Å². The summed E-state index contributed by atoms with van der Waals surface area (Å²) < 4.78 is 60.8. The summed E-state index contributed by atoms with van der Waals surface area (Å²) >= 11 is 6.48. The van der Waals surface area contributed by atoms with Gasteiger partial charge in [-0.15, -0.1) is 0 Å². The van der Waals surface area contributed by atoms with E-state index < -0.39 is 28.5 Å². The maximum absolute atomic E-state index is 13.9. The van der Waals surface area contributed by atoms with Gasteiger partial charge in [-0.2, -0.15) is 18.2 Å². The van der Waals surface area contributed by atoms with E-state index in [0.29, 0.717) is 17.4 Å². The monoisotopic (exact) mass is 653 g/mol. The summed E-state index contributed by atoms with van der Waals surface area (Å²) in [7, 11) is 3.72. The van der Waals surface area contributed by atoms with Gasteiger partial charge in [-0.05, 0) is 69.2 Å². The fourth-order valence-corrected chi connectivity index (χ4v) is 5.45. The second-order valence-electron chi connectivity index (χ2n) is 10.6. The number of nitrogens with zero attached hydrogens (tertiary/aromatic N) is 4. The average Bonchev–Trinajstić information content (AvgIpc) is 2.96. The number of benzene rings is 2. The van der Waals surface area contributed by atoms with E-state index >= 15 is 0 Å². The zero-order valence-corrected chi connectivity index (χ0v) is 26.6. The first-order chi connectivity index (χ1) is 20.8. The average molecular weight is 654 g/mol. The molecule has 0 spiro atoms. The Kier molecular flexibility index (Phi) is 10.6. The van der Waals surface area contributed by atoms with Crippen molar-refractivity contribution in [1.29, 1.82) is 0 Å².